The number of ether oxygens (including phenoxy) is 1. The highest BCUT2D eigenvalue weighted by Gasteiger charge is 2.38. The number of hydrogen-bond acceptors (Lipinski definition) is 3. The third kappa shape index (κ3) is 2.17. The first kappa shape index (κ1) is 11.0. The second-order valence-corrected chi connectivity index (χ2v) is 4.00. The number of hydrogen-bond donors (Lipinski definition) is 1. The number of nitrogens with zero attached hydrogens (tertiary/aromatic N) is 1. The first-order valence-electron chi connectivity index (χ1n) is 5.34. The number of likely N-dealkylation sites (tertiary alicyclic amines) is 1. The lowest BCUT2D eigenvalue weighted by atomic mass is 10.0. The molecule has 0 saturated carbocycles. The molecule has 0 bridgehead atoms. The van der Waals surface area contributed by atoms with Gasteiger partial charge in [-0.25, -0.2) is 4.79 Å². The number of aliphatic hydroxyl groups excluding tert-OH is 1. The van der Waals surface area contributed by atoms with Gasteiger partial charge in [0.05, 0.1) is 18.7 Å². The zero-order valence-electron chi connectivity index (χ0n) is 9.17. The minimum absolute atomic E-state index is 0.136. The average Bonchev–Trinajstić information content (AvgIpc) is 2.33. The second kappa shape index (κ2) is 4.53. The Morgan fingerprint density at radius 2 is 2.19 bits per heavy atom. The highest BCUT2D eigenvalue weighted by Crippen LogP contribution is 2.18. The Bertz CT molecular complexity index is 366. The third-order valence-corrected chi connectivity index (χ3v) is 2.87. The maximum atomic E-state index is 11.5. The summed E-state index contributed by atoms with van der Waals surface area (Å²) in [5, 5.41) is 9.27. The van der Waals surface area contributed by atoms with Crippen molar-refractivity contribution in [2.24, 2.45) is 0 Å². The van der Waals surface area contributed by atoms with E-state index in [0.29, 0.717) is 6.54 Å². The molecule has 0 spiro atoms. The molecule has 1 aromatic carbocycles. The maximum Gasteiger partial charge on any atom is 0.410 e. The molecule has 1 heterocycles. The van der Waals surface area contributed by atoms with Crippen LogP contribution in [0.3, 0.4) is 0 Å². The van der Waals surface area contributed by atoms with E-state index in [9.17, 15) is 9.90 Å². The van der Waals surface area contributed by atoms with Crippen LogP contribution in [-0.2, 0) is 11.3 Å². The first-order chi connectivity index (χ1) is 7.68. The van der Waals surface area contributed by atoms with Crippen molar-refractivity contribution in [3.63, 3.8) is 0 Å². The van der Waals surface area contributed by atoms with Crippen LogP contribution in [0.5, 0.6) is 0 Å². The van der Waals surface area contributed by atoms with Crippen LogP contribution in [0.4, 0.5) is 4.79 Å². The Labute approximate surface area is 94.4 Å². The summed E-state index contributed by atoms with van der Waals surface area (Å²) in [5.41, 5.74) is 0.963. The molecule has 2 rings (SSSR count). The van der Waals surface area contributed by atoms with Gasteiger partial charge in [0.2, 0.25) is 0 Å². The van der Waals surface area contributed by atoms with E-state index in [1.54, 1.807) is 6.92 Å². The number of carbonyl (C=O) groups is 1. The minimum atomic E-state index is -0.413. The zero-order chi connectivity index (χ0) is 11.5. The number of benzene rings is 1. The van der Waals surface area contributed by atoms with Gasteiger partial charge >= 0.3 is 6.09 Å². The van der Waals surface area contributed by atoms with E-state index in [0.717, 1.165) is 5.56 Å². The highest BCUT2D eigenvalue weighted by molar-refractivity contribution is 5.69. The molecule has 1 aliphatic rings. The van der Waals surface area contributed by atoms with E-state index < -0.39 is 6.10 Å². The van der Waals surface area contributed by atoms with Gasteiger partial charge in [0, 0.05) is 0 Å². The monoisotopic (exact) mass is 221 g/mol. The number of aliphatic hydroxyl groups is 1. The Hall–Kier alpha value is -1.55. The fourth-order valence-corrected chi connectivity index (χ4v) is 1.63. The number of amides is 1. The van der Waals surface area contributed by atoms with Crippen LogP contribution >= 0.6 is 0 Å². The molecule has 1 saturated heterocycles. The molecule has 2 atom stereocenters. The summed E-state index contributed by atoms with van der Waals surface area (Å²) in [6.45, 7) is 2.45. The Kier molecular flexibility index (Phi) is 3.10. The normalized spacial score (nSPS) is 23.8. The Morgan fingerprint density at radius 1 is 1.50 bits per heavy atom. The topological polar surface area (TPSA) is 49.8 Å². The molecule has 16 heavy (non-hydrogen) atoms. The van der Waals surface area contributed by atoms with Crippen molar-refractivity contribution >= 4 is 6.09 Å². The quantitative estimate of drug-likeness (QED) is 0.821. The number of β-amino-alcohol motifs (C(OH)–C–C–N with tert-alkyl or cyclic N) is 1. The van der Waals surface area contributed by atoms with Crippen molar-refractivity contribution < 1.29 is 14.6 Å². The van der Waals surface area contributed by atoms with Gasteiger partial charge in [0.25, 0.3) is 0 Å². The molecule has 0 aromatic heterocycles. The van der Waals surface area contributed by atoms with E-state index in [-0.39, 0.29) is 18.7 Å². The van der Waals surface area contributed by atoms with Crippen LogP contribution in [0.15, 0.2) is 30.3 Å². The van der Waals surface area contributed by atoms with Gasteiger partial charge in [0.15, 0.2) is 0 Å². The van der Waals surface area contributed by atoms with Crippen molar-refractivity contribution in [3.05, 3.63) is 35.9 Å². The van der Waals surface area contributed by atoms with Crippen molar-refractivity contribution in [1.29, 1.82) is 0 Å². The van der Waals surface area contributed by atoms with Crippen molar-refractivity contribution in [3.8, 4) is 0 Å². The van der Waals surface area contributed by atoms with E-state index in [4.69, 9.17) is 4.74 Å². The average molecular weight is 221 g/mol. The van der Waals surface area contributed by atoms with Crippen LogP contribution in [0.2, 0.25) is 0 Å². The predicted octanol–water partition coefficient (Wildman–Crippen LogP) is 1.39. The van der Waals surface area contributed by atoms with E-state index in [2.05, 4.69) is 0 Å². The number of carbonyl (C=O) groups excluding carboxylic acids is 1. The smallest absolute Gasteiger partial charge is 0.410 e. The lowest BCUT2D eigenvalue weighted by molar-refractivity contribution is -0.0473. The van der Waals surface area contributed by atoms with E-state index in [1.807, 2.05) is 30.3 Å². The van der Waals surface area contributed by atoms with Gasteiger partial charge < -0.3 is 14.7 Å². The molecule has 4 nitrogen and oxygen atoms in total. The lowest BCUT2D eigenvalue weighted by Crippen LogP contribution is -2.60. The molecule has 1 N–H and O–H groups in total. The molecule has 1 fully saturated rings. The molecule has 86 valence electrons. The van der Waals surface area contributed by atoms with Gasteiger partial charge in [-0.2, -0.15) is 0 Å². The fraction of sp³-hybridized carbons (Fsp3) is 0.417. The third-order valence-electron chi connectivity index (χ3n) is 2.87. The summed E-state index contributed by atoms with van der Waals surface area (Å²) in [7, 11) is 0. The van der Waals surface area contributed by atoms with Gasteiger partial charge in [-0.1, -0.05) is 30.3 Å². The van der Waals surface area contributed by atoms with Crippen LogP contribution in [0.25, 0.3) is 0 Å². The van der Waals surface area contributed by atoms with Gasteiger partial charge in [-0.3, -0.25) is 0 Å². The van der Waals surface area contributed by atoms with Crippen molar-refractivity contribution in [2.75, 3.05) is 6.54 Å². The SMILES string of the molecule is C[C@H]1[C@@H](O)CN1C(=O)OCc1ccccc1. The fourth-order valence-electron chi connectivity index (χ4n) is 1.63. The van der Waals surface area contributed by atoms with Gasteiger partial charge in [0.1, 0.15) is 6.61 Å². The molecule has 1 aromatic rings. The highest BCUT2D eigenvalue weighted by atomic mass is 16.6. The molecule has 0 unspecified atom stereocenters. The van der Waals surface area contributed by atoms with Crippen LogP contribution < -0.4 is 0 Å². The first-order valence-corrected chi connectivity index (χ1v) is 5.34. The van der Waals surface area contributed by atoms with E-state index >= 15 is 0 Å². The van der Waals surface area contributed by atoms with E-state index in [1.165, 1.54) is 4.90 Å². The summed E-state index contributed by atoms with van der Waals surface area (Å²) in [6, 6.07) is 9.39. The van der Waals surface area contributed by atoms with Crippen molar-refractivity contribution in [2.45, 2.75) is 25.7 Å². The van der Waals surface area contributed by atoms with Crippen LogP contribution in [-0.4, -0.2) is 34.8 Å². The lowest BCUT2D eigenvalue weighted by Gasteiger charge is -2.42. The summed E-state index contributed by atoms with van der Waals surface area (Å²) in [4.78, 5) is 13.1. The molecule has 1 amide bonds. The molecular formula is C12H15NO3. The Morgan fingerprint density at radius 3 is 2.75 bits per heavy atom. The summed E-state index contributed by atoms with van der Waals surface area (Å²) < 4.78 is 5.13. The summed E-state index contributed by atoms with van der Waals surface area (Å²) in [5.74, 6) is 0. The van der Waals surface area contributed by atoms with Crippen LogP contribution in [0, 0.1) is 0 Å². The second-order valence-electron chi connectivity index (χ2n) is 4.00. The standard InChI is InChI=1S/C12H15NO3/c1-9-11(14)7-13(9)12(15)16-8-10-5-3-2-4-6-10/h2-6,9,11,14H,7-8H2,1H3/t9-,11-/m0/s1. The summed E-state index contributed by atoms with van der Waals surface area (Å²) >= 11 is 0. The molecule has 0 aliphatic carbocycles. The Balaban J connectivity index is 1.81. The molecular weight excluding hydrogens is 206 g/mol. The zero-order valence-corrected chi connectivity index (χ0v) is 9.17. The van der Waals surface area contributed by atoms with Gasteiger partial charge in [-0.05, 0) is 12.5 Å². The molecule has 1 aliphatic heterocycles. The van der Waals surface area contributed by atoms with Crippen LogP contribution in [0.1, 0.15) is 12.5 Å². The molecule has 0 radical (unpaired) electrons. The summed E-state index contributed by atoms with van der Waals surface area (Å²) in [6.07, 6.45) is -0.772. The largest absolute Gasteiger partial charge is 0.445 e. The minimum Gasteiger partial charge on any atom is -0.445 e. The van der Waals surface area contributed by atoms with Gasteiger partial charge in [-0.15, -0.1) is 0 Å². The predicted molar refractivity (Wildman–Crippen MR) is 58.8 cm³/mol. The maximum absolute atomic E-state index is 11.5. The van der Waals surface area contributed by atoms with Crippen molar-refractivity contribution in [1.82, 2.24) is 4.90 Å². The number of rotatable bonds is 2. The molecule has 4 heteroatoms.